The van der Waals surface area contributed by atoms with E-state index >= 15 is 0 Å². The van der Waals surface area contributed by atoms with Gasteiger partial charge in [-0.3, -0.25) is 0 Å². The molecule has 1 N–H and O–H groups in total. The molecule has 1 aliphatic rings. The third kappa shape index (κ3) is 2.12. The van der Waals surface area contributed by atoms with Crippen molar-refractivity contribution in [2.24, 2.45) is 0 Å². The number of hydrogen-bond acceptors (Lipinski definition) is 7. The summed E-state index contributed by atoms with van der Waals surface area (Å²) in [6.07, 6.45) is 1.74. The van der Waals surface area contributed by atoms with E-state index in [9.17, 15) is 0 Å². The molecule has 0 atom stereocenters. The van der Waals surface area contributed by atoms with Gasteiger partial charge in [-0.25, -0.2) is 4.98 Å². The van der Waals surface area contributed by atoms with Crippen molar-refractivity contribution >= 4 is 16.6 Å². The molecule has 0 radical (unpaired) electrons. The minimum Gasteiger partial charge on any atom is -0.454 e. The number of ether oxygens (including phenoxy) is 2. The van der Waals surface area contributed by atoms with E-state index in [-0.39, 0.29) is 6.79 Å². The summed E-state index contributed by atoms with van der Waals surface area (Å²) in [6, 6.07) is 5.80. The molecule has 0 bridgehead atoms. The lowest BCUT2D eigenvalue weighted by Gasteiger charge is -2.07. The van der Waals surface area contributed by atoms with Crippen molar-refractivity contribution in [3.63, 3.8) is 0 Å². The second kappa shape index (κ2) is 4.62. The number of anilines is 1. The lowest BCUT2D eigenvalue weighted by Crippen LogP contribution is -2.03. The maximum absolute atomic E-state index is 5.41. The molecule has 1 aliphatic heterocycles. The Balaban J connectivity index is 1.68. The summed E-state index contributed by atoms with van der Waals surface area (Å²) >= 11 is 0. The molecule has 7 nitrogen and oxygen atoms in total. The van der Waals surface area contributed by atoms with E-state index in [0.29, 0.717) is 18.3 Å². The number of benzene rings is 1. The van der Waals surface area contributed by atoms with E-state index in [1.807, 2.05) is 18.2 Å². The molecule has 1 aromatic carbocycles. The number of pyridine rings is 1. The van der Waals surface area contributed by atoms with Crippen LogP contribution in [0.5, 0.6) is 11.5 Å². The van der Waals surface area contributed by atoms with Gasteiger partial charge in [-0.15, -0.1) is 0 Å². The van der Waals surface area contributed by atoms with Crippen molar-refractivity contribution < 1.29 is 14.0 Å². The standard InChI is InChI=1S/C14H12N4O3/c1-8-17-13(18-21-8)6-16-14-10-5-12-11(19-7-20-12)4-9(10)2-3-15-14/h2-5H,6-7H2,1H3,(H,15,16). The van der Waals surface area contributed by atoms with Crippen molar-refractivity contribution in [1.29, 1.82) is 0 Å². The highest BCUT2D eigenvalue weighted by molar-refractivity contribution is 5.94. The first-order chi connectivity index (χ1) is 10.3. The third-order valence-electron chi connectivity index (χ3n) is 3.24. The summed E-state index contributed by atoms with van der Waals surface area (Å²) in [5, 5.41) is 9.05. The lowest BCUT2D eigenvalue weighted by atomic mass is 10.1. The van der Waals surface area contributed by atoms with Crippen LogP contribution < -0.4 is 14.8 Å². The number of aromatic nitrogens is 3. The van der Waals surface area contributed by atoms with Crippen LogP contribution in [0.25, 0.3) is 10.8 Å². The molecule has 21 heavy (non-hydrogen) atoms. The van der Waals surface area contributed by atoms with Gasteiger partial charge in [-0.2, -0.15) is 4.98 Å². The minimum atomic E-state index is 0.254. The zero-order valence-electron chi connectivity index (χ0n) is 11.3. The second-order valence-electron chi connectivity index (χ2n) is 4.67. The van der Waals surface area contributed by atoms with E-state index in [2.05, 4.69) is 20.4 Å². The van der Waals surface area contributed by atoms with Gasteiger partial charge in [0.15, 0.2) is 17.3 Å². The van der Waals surface area contributed by atoms with Crippen molar-refractivity contribution in [1.82, 2.24) is 15.1 Å². The van der Waals surface area contributed by atoms with Crippen LogP contribution in [-0.4, -0.2) is 21.9 Å². The van der Waals surface area contributed by atoms with Crippen LogP contribution in [-0.2, 0) is 6.54 Å². The number of nitrogens with zero attached hydrogens (tertiary/aromatic N) is 3. The quantitative estimate of drug-likeness (QED) is 0.789. The van der Waals surface area contributed by atoms with Crippen LogP contribution in [0.15, 0.2) is 28.9 Å². The van der Waals surface area contributed by atoms with Gasteiger partial charge in [0.25, 0.3) is 0 Å². The fourth-order valence-electron chi connectivity index (χ4n) is 2.28. The van der Waals surface area contributed by atoms with Crippen LogP contribution in [0, 0.1) is 6.92 Å². The van der Waals surface area contributed by atoms with Crippen LogP contribution in [0.3, 0.4) is 0 Å². The summed E-state index contributed by atoms with van der Waals surface area (Å²) in [6.45, 7) is 2.45. The summed E-state index contributed by atoms with van der Waals surface area (Å²) in [7, 11) is 0. The normalized spacial score (nSPS) is 12.8. The maximum atomic E-state index is 5.41. The van der Waals surface area contributed by atoms with Crippen molar-refractivity contribution in [3.8, 4) is 11.5 Å². The SMILES string of the molecule is Cc1nc(CNc2nccc3cc4c(cc23)OCO4)no1. The number of aryl methyl sites for hydroxylation is 1. The Kier molecular flexibility index (Phi) is 2.63. The Hall–Kier alpha value is -2.83. The molecule has 3 heterocycles. The smallest absolute Gasteiger partial charge is 0.231 e. The maximum Gasteiger partial charge on any atom is 0.231 e. The minimum absolute atomic E-state index is 0.254. The largest absolute Gasteiger partial charge is 0.454 e. The third-order valence-corrected chi connectivity index (χ3v) is 3.24. The van der Waals surface area contributed by atoms with Gasteiger partial charge in [0.2, 0.25) is 12.7 Å². The van der Waals surface area contributed by atoms with Gasteiger partial charge in [-0.1, -0.05) is 5.16 Å². The molecule has 0 aliphatic carbocycles. The first kappa shape index (κ1) is 12.0. The van der Waals surface area contributed by atoms with E-state index in [1.165, 1.54) is 0 Å². The second-order valence-corrected chi connectivity index (χ2v) is 4.67. The van der Waals surface area contributed by atoms with Crippen LogP contribution in [0.1, 0.15) is 11.7 Å². The van der Waals surface area contributed by atoms with Crippen molar-refractivity contribution in [2.45, 2.75) is 13.5 Å². The Morgan fingerprint density at radius 2 is 2.10 bits per heavy atom. The molecule has 0 amide bonds. The van der Waals surface area contributed by atoms with E-state index in [4.69, 9.17) is 14.0 Å². The zero-order valence-corrected chi connectivity index (χ0v) is 11.3. The van der Waals surface area contributed by atoms with E-state index < -0.39 is 0 Å². The topological polar surface area (TPSA) is 82.3 Å². The van der Waals surface area contributed by atoms with Gasteiger partial charge in [0.1, 0.15) is 5.82 Å². The number of hydrogen-bond donors (Lipinski definition) is 1. The van der Waals surface area contributed by atoms with E-state index in [1.54, 1.807) is 13.1 Å². The van der Waals surface area contributed by atoms with Gasteiger partial charge in [-0.05, 0) is 23.6 Å². The fourth-order valence-corrected chi connectivity index (χ4v) is 2.28. The molecular formula is C14H12N4O3. The van der Waals surface area contributed by atoms with Crippen LogP contribution >= 0.6 is 0 Å². The summed E-state index contributed by atoms with van der Waals surface area (Å²) in [5.41, 5.74) is 0. The molecule has 0 saturated carbocycles. The van der Waals surface area contributed by atoms with Crippen LogP contribution in [0.2, 0.25) is 0 Å². The molecule has 0 unspecified atom stereocenters. The van der Waals surface area contributed by atoms with Crippen molar-refractivity contribution in [3.05, 3.63) is 36.1 Å². The predicted octanol–water partition coefficient (Wildman–Crippen LogP) is 2.27. The first-order valence-electron chi connectivity index (χ1n) is 6.51. The van der Waals surface area contributed by atoms with Gasteiger partial charge in [0.05, 0.1) is 6.54 Å². The molecule has 3 aromatic rings. The fraction of sp³-hybridized carbons (Fsp3) is 0.214. The molecule has 4 rings (SSSR count). The molecular weight excluding hydrogens is 272 g/mol. The zero-order chi connectivity index (χ0) is 14.2. The average molecular weight is 284 g/mol. The van der Waals surface area contributed by atoms with Gasteiger partial charge >= 0.3 is 0 Å². The monoisotopic (exact) mass is 284 g/mol. The molecule has 7 heteroatoms. The molecule has 106 valence electrons. The highest BCUT2D eigenvalue weighted by Crippen LogP contribution is 2.37. The van der Waals surface area contributed by atoms with Crippen molar-refractivity contribution in [2.75, 3.05) is 12.1 Å². The number of nitrogens with one attached hydrogen (secondary N) is 1. The Morgan fingerprint density at radius 3 is 2.90 bits per heavy atom. The molecule has 2 aromatic heterocycles. The molecule has 0 fully saturated rings. The average Bonchev–Trinajstić information content (AvgIpc) is 3.11. The number of rotatable bonds is 3. The summed E-state index contributed by atoms with van der Waals surface area (Å²) in [4.78, 5) is 8.51. The van der Waals surface area contributed by atoms with E-state index in [0.717, 1.165) is 28.1 Å². The Labute approximate surface area is 119 Å². The molecule has 0 saturated heterocycles. The lowest BCUT2D eigenvalue weighted by molar-refractivity contribution is 0.174. The highest BCUT2D eigenvalue weighted by Gasteiger charge is 2.16. The Bertz CT molecular complexity index is 815. The number of fused-ring (bicyclic) bond motifs is 2. The Morgan fingerprint density at radius 1 is 1.24 bits per heavy atom. The first-order valence-corrected chi connectivity index (χ1v) is 6.51. The summed E-state index contributed by atoms with van der Waals surface area (Å²) in [5.74, 6) is 3.36. The highest BCUT2D eigenvalue weighted by atomic mass is 16.7. The summed E-state index contributed by atoms with van der Waals surface area (Å²) < 4.78 is 15.7. The predicted molar refractivity (Wildman–Crippen MR) is 74.2 cm³/mol. The van der Waals surface area contributed by atoms with Gasteiger partial charge < -0.3 is 19.3 Å². The van der Waals surface area contributed by atoms with Crippen LogP contribution in [0.4, 0.5) is 5.82 Å². The van der Waals surface area contributed by atoms with Gasteiger partial charge in [0, 0.05) is 18.5 Å². The molecule has 0 spiro atoms.